The zero-order chi connectivity index (χ0) is 18.6. The average molecular weight is 378 g/mol. The quantitative estimate of drug-likeness (QED) is 0.538. The minimum absolute atomic E-state index is 0.122. The first-order valence-electron chi connectivity index (χ1n) is 9.24. The highest BCUT2D eigenvalue weighted by atomic mass is 32.2. The molecule has 0 fully saturated rings. The molecule has 0 aromatic heterocycles. The molecular weight excluding hydrogens is 354 g/mol. The van der Waals surface area contributed by atoms with E-state index in [1.807, 2.05) is 49.0 Å². The van der Waals surface area contributed by atoms with Crippen LogP contribution in [0.1, 0.15) is 40.8 Å². The number of hydroxylamine groups is 1. The van der Waals surface area contributed by atoms with Crippen molar-refractivity contribution in [2.75, 3.05) is 6.61 Å². The van der Waals surface area contributed by atoms with Gasteiger partial charge in [-0.2, -0.15) is 5.48 Å². The molecule has 0 amide bonds. The van der Waals surface area contributed by atoms with Gasteiger partial charge in [-0.05, 0) is 41.8 Å². The van der Waals surface area contributed by atoms with Crippen LogP contribution in [0.2, 0.25) is 0 Å². The predicted octanol–water partition coefficient (Wildman–Crippen LogP) is 5.74. The molecule has 0 bridgehead atoms. The Morgan fingerprint density at radius 1 is 0.963 bits per heavy atom. The smallest absolute Gasteiger partial charge is 0.119 e. The van der Waals surface area contributed by atoms with Gasteiger partial charge in [0.1, 0.15) is 5.75 Å². The summed E-state index contributed by atoms with van der Waals surface area (Å²) in [6.45, 7) is 2.62. The lowest BCUT2D eigenvalue weighted by atomic mass is 9.83. The lowest BCUT2D eigenvalue weighted by Crippen LogP contribution is -2.26. The van der Waals surface area contributed by atoms with Crippen molar-refractivity contribution in [2.45, 2.75) is 29.0 Å². The van der Waals surface area contributed by atoms with Crippen LogP contribution in [0, 0.1) is 0 Å². The van der Waals surface area contributed by atoms with Crippen LogP contribution in [0.15, 0.2) is 83.8 Å². The van der Waals surface area contributed by atoms with Gasteiger partial charge >= 0.3 is 0 Å². The Bertz CT molecular complexity index is 882. The average Bonchev–Trinajstić information content (AvgIpc) is 3.10. The SMILES string of the molecule is CCOc1ccc(C(NO)C2c3ccccc3SC2c2ccccc2)cc1. The van der Waals surface area contributed by atoms with Gasteiger partial charge in [-0.25, -0.2) is 0 Å². The standard InChI is InChI=1S/C23H23NO2S/c1-2-26-18-14-12-16(13-15-18)22(24-25)21-19-10-6-7-11-20(19)27-23(21)17-8-4-3-5-9-17/h3-15,21-25H,2H2,1H3. The first-order valence-corrected chi connectivity index (χ1v) is 10.1. The summed E-state index contributed by atoms with van der Waals surface area (Å²) in [5.74, 6) is 0.968. The van der Waals surface area contributed by atoms with Gasteiger partial charge in [-0.3, -0.25) is 0 Å². The summed E-state index contributed by atoms with van der Waals surface area (Å²) in [4.78, 5) is 1.28. The van der Waals surface area contributed by atoms with E-state index in [9.17, 15) is 5.21 Å². The largest absolute Gasteiger partial charge is 0.494 e. The second-order valence-corrected chi connectivity index (χ2v) is 7.80. The van der Waals surface area contributed by atoms with Crippen molar-refractivity contribution in [2.24, 2.45) is 0 Å². The molecule has 138 valence electrons. The maximum atomic E-state index is 10.1. The number of hydrogen-bond donors (Lipinski definition) is 2. The Kier molecular flexibility index (Phi) is 5.48. The normalized spacial score (nSPS) is 19.5. The van der Waals surface area contributed by atoms with Crippen LogP contribution in [-0.4, -0.2) is 11.8 Å². The van der Waals surface area contributed by atoms with E-state index in [-0.39, 0.29) is 17.2 Å². The summed E-state index contributed by atoms with van der Waals surface area (Å²) in [7, 11) is 0. The summed E-state index contributed by atoms with van der Waals surface area (Å²) in [5, 5.41) is 10.3. The van der Waals surface area contributed by atoms with E-state index in [2.05, 4.69) is 54.0 Å². The minimum atomic E-state index is -0.206. The molecule has 3 aromatic carbocycles. The second-order valence-electron chi connectivity index (χ2n) is 6.62. The maximum Gasteiger partial charge on any atom is 0.119 e. The van der Waals surface area contributed by atoms with E-state index in [1.54, 1.807) is 0 Å². The maximum absolute atomic E-state index is 10.1. The van der Waals surface area contributed by atoms with Crippen LogP contribution < -0.4 is 10.2 Å². The molecule has 1 aliphatic rings. The molecule has 2 N–H and O–H groups in total. The lowest BCUT2D eigenvalue weighted by molar-refractivity contribution is 0.112. The molecule has 0 saturated heterocycles. The van der Waals surface area contributed by atoms with Gasteiger partial charge < -0.3 is 9.94 Å². The monoisotopic (exact) mass is 377 g/mol. The Balaban J connectivity index is 1.74. The predicted molar refractivity (Wildman–Crippen MR) is 109 cm³/mol. The van der Waals surface area contributed by atoms with Crippen LogP contribution in [0.3, 0.4) is 0 Å². The molecular formula is C23H23NO2S. The number of benzene rings is 3. The number of ether oxygens (including phenoxy) is 1. The molecule has 3 unspecified atom stereocenters. The molecule has 3 atom stereocenters. The molecule has 1 heterocycles. The summed E-state index contributed by atoms with van der Waals surface area (Å²) >= 11 is 1.87. The summed E-state index contributed by atoms with van der Waals surface area (Å²) in [6.07, 6.45) is 0. The molecule has 0 spiro atoms. The molecule has 0 radical (unpaired) electrons. The fourth-order valence-electron chi connectivity index (χ4n) is 3.81. The molecule has 3 nitrogen and oxygen atoms in total. The molecule has 27 heavy (non-hydrogen) atoms. The van der Waals surface area contributed by atoms with Gasteiger partial charge in [-0.1, -0.05) is 60.7 Å². The van der Waals surface area contributed by atoms with E-state index >= 15 is 0 Å². The molecule has 3 aromatic rings. The van der Waals surface area contributed by atoms with Crippen LogP contribution in [-0.2, 0) is 0 Å². The highest BCUT2D eigenvalue weighted by Gasteiger charge is 2.39. The van der Waals surface area contributed by atoms with Crippen LogP contribution in [0.25, 0.3) is 0 Å². The van der Waals surface area contributed by atoms with Crippen molar-refractivity contribution in [3.05, 3.63) is 95.6 Å². The highest BCUT2D eigenvalue weighted by molar-refractivity contribution is 8.00. The third kappa shape index (κ3) is 3.61. The number of nitrogens with one attached hydrogen (secondary N) is 1. The summed E-state index contributed by atoms with van der Waals surface area (Å²) in [6, 6.07) is 26.8. The van der Waals surface area contributed by atoms with Gasteiger partial charge in [0.15, 0.2) is 0 Å². The third-order valence-corrected chi connectivity index (χ3v) is 6.48. The molecule has 1 aliphatic heterocycles. The molecule has 0 saturated carbocycles. The van der Waals surface area contributed by atoms with Crippen molar-refractivity contribution in [1.82, 2.24) is 5.48 Å². The number of thioether (sulfide) groups is 1. The van der Waals surface area contributed by atoms with Crippen molar-refractivity contribution in [3.8, 4) is 5.75 Å². The highest BCUT2D eigenvalue weighted by Crippen LogP contribution is 2.58. The molecule has 4 rings (SSSR count). The first kappa shape index (κ1) is 18.1. The Morgan fingerprint density at radius 2 is 1.67 bits per heavy atom. The zero-order valence-corrected chi connectivity index (χ0v) is 16.0. The summed E-state index contributed by atoms with van der Waals surface area (Å²) < 4.78 is 5.56. The topological polar surface area (TPSA) is 41.5 Å². The van der Waals surface area contributed by atoms with E-state index in [0.717, 1.165) is 11.3 Å². The zero-order valence-electron chi connectivity index (χ0n) is 15.2. The first-order chi connectivity index (χ1) is 13.3. The van der Waals surface area contributed by atoms with Gasteiger partial charge in [0.2, 0.25) is 0 Å². The third-order valence-electron chi connectivity index (χ3n) is 5.03. The summed E-state index contributed by atoms with van der Waals surface area (Å²) in [5.41, 5.74) is 6.19. The van der Waals surface area contributed by atoms with E-state index in [4.69, 9.17) is 4.74 Å². The van der Waals surface area contributed by atoms with Crippen LogP contribution >= 0.6 is 11.8 Å². The Hall–Kier alpha value is -2.27. The number of hydrogen-bond acceptors (Lipinski definition) is 4. The van der Waals surface area contributed by atoms with Gasteiger partial charge in [0.25, 0.3) is 0 Å². The second kappa shape index (κ2) is 8.17. The Labute approximate surface area is 164 Å². The van der Waals surface area contributed by atoms with E-state index in [0.29, 0.717) is 6.61 Å². The van der Waals surface area contributed by atoms with E-state index < -0.39 is 0 Å². The van der Waals surface area contributed by atoms with Crippen molar-refractivity contribution in [1.29, 1.82) is 0 Å². The number of fused-ring (bicyclic) bond motifs is 1. The lowest BCUT2D eigenvalue weighted by Gasteiger charge is -2.28. The molecule has 0 aliphatic carbocycles. The van der Waals surface area contributed by atoms with Gasteiger partial charge in [-0.15, -0.1) is 11.8 Å². The fourth-order valence-corrected chi connectivity index (χ4v) is 5.32. The van der Waals surface area contributed by atoms with Crippen LogP contribution in [0.5, 0.6) is 5.75 Å². The minimum Gasteiger partial charge on any atom is -0.494 e. The van der Waals surface area contributed by atoms with Gasteiger partial charge in [0.05, 0.1) is 12.6 Å². The van der Waals surface area contributed by atoms with Crippen molar-refractivity contribution < 1.29 is 9.94 Å². The van der Waals surface area contributed by atoms with Crippen molar-refractivity contribution in [3.63, 3.8) is 0 Å². The van der Waals surface area contributed by atoms with Crippen LogP contribution in [0.4, 0.5) is 0 Å². The Morgan fingerprint density at radius 3 is 2.37 bits per heavy atom. The molecule has 4 heteroatoms. The van der Waals surface area contributed by atoms with Crippen molar-refractivity contribution >= 4 is 11.8 Å². The van der Waals surface area contributed by atoms with E-state index in [1.165, 1.54) is 16.0 Å². The van der Waals surface area contributed by atoms with Gasteiger partial charge in [0, 0.05) is 16.1 Å². The fraction of sp³-hybridized carbons (Fsp3) is 0.217. The number of rotatable bonds is 6.